The van der Waals surface area contributed by atoms with Crippen molar-refractivity contribution in [3.63, 3.8) is 0 Å². The van der Waals surface area contributed by atoms with Gasteiger partial charge in [-0.15, -0.1) is 0 Å². The van der Waals surface area contributed by atoms with Crippen molar-refractivity contribution in [2.45, 2.75) is 45.6 Å². The van der Waals surface area contributed by atoms with Gasteiger partial charge in [-0.3, -0.25) is 0 Å². The van der Waals surface area contributed by atoms with Crippen LogP contribution in [0.25, 0.3) is 0 Å². The van der Waals surface area contributed by atoms with E-state index in [1.54, 1.807) is 0 Å². The predicted molar refractivity (Wildman–Crippen MR) is 81.1 cm³/mol. The van der Waals surface area contributed by atoms with Crippen molar-refractivity contribution in [2.75, 3.05) is 13.1 Å². The molecule has 1 rings (SSSR count). The molecule has 1 amide bonds. The maximum Gasteiger partial charge on any atom is 0.410 e. The Labute approximate surface area is 126 Å². The van der Waals surface area contributed by atoms with Crippen molar-refractivity contribution in [3.8, 4) is 0 Å². The van der Waals surface area contributed by atoms with Gasteiger partial charge in [0.2, 0.25) is 0 Å². The summed E-state index contributed by atoms with van der Waals surface area (Å²) in [5, 5.41) is 0. The Morgan fingerprint density at radius 2 is 2.11 bits per heavy atom. The van der Waals surface area contributed by atoms with Crippen LogP contribution < -0.4 is 0 Å². The van der Waals surface area contributed by atoms with Gasteiger partial charge in [0, 0.05) is 13.1 Å². The van der Waals surface area contributed by atoms with E-state index in [0.717, 1.165) is 29.3 Å². The summed E-state index contributed by atoms with van der Waals surface area (Å²) in [6.45, 7) is 7.30. The highest BCUT2D eigenvalue weighted by Gasteiger charge is 2.27. The van der Waals surface area contributed by atoms with E-state index >= 15 is 0 Å². The zero-order chi connectivity index (χ0) is 13.8. The highest BCUT2D eigenvalue weighted by molar-refractivity contribution is 9.28. The first-order valence-corrected chi connectivity index (χ1v) is 7.85. The molecule has 0 radical (unpaired) electrons. The van der Waals surface area contributed by atoms with Crippen LogP contribution >= 0.6 is 31.9 Å². The second kappa shape index (κ2) is 6.94. The molecule has 1 unspecified atom stereocenters. The van der Waals surface area contributed by atoms with E-state index in [9.17, 15) is 4.79 Å². The number of rotatable bonds is 2. The summed E-state index contributed by atoms with van der Waals surface area (Å²) < 4.78 is 6.38. The Hall–Kier alpha value is -0.0300. The zero-order valence-electron chi connectivity index (χ0n) is 11.2. The first-order chi connectivity index (χ1) is 8.28. The van der Waals surface area contributed by atoms with Gasteiger partial charge in [-0.25, -0.2) is 4.79 Å². The smallest absolute Gasteiger partial charge is 0.410 e. The van der Waals surface area contributed by atoms with Crippen LogP contribution in [0.15, 0.2) is 9.47 Å². The molecule has 0 aromatic carbocycles. The molecule has 1 aliphatic heterocycles. The predicted octanol–water partition coefficient (Wildman–Crippen LogP) is 4.65. The van der Waals surface area contributed by atoms with Gasteiger partial charge in [0.25, 0.3) is 0 Å². The van der Waals surface area contributed by atoms with Crippen molar-refractivity contribution in [3.05, 3.63) is 9.47 Å². The summed E-state index contributed by atoms with van der Waals surface area (Å²) in [6, 6.07) is 0. The number of likely N-dealkylation sites (tertiary alicyclic amines) is 1. The van der Waals surface area contributed by atoms with Crippen molar-refractivity contribution in [2.24, 2.45) is 5.92 Å². The average Bonchev–Trinajstić information content (AvgIpc) is 2.24. The number of hydrogen-bond donors (Lipinski definition) is 0. The van der Waals surface area contributed by atoms with E-state index in [2.05, 4.69) is 37.9 Å². The van der Waals surface area contributed by atoms with Gasteiger partial charge in [0.15, 0.2) is 0 Å². The maximum absolute atomic E-state index is 12.0. The minimum Gasteiger partial charge on any atom is -0.444 e. The van der Waals surface area contributed by atoms with E-state index < -0.39 is 5.60 Å². The topological polar surface area (TPSA) is 29.5 Å². The van der Waals surface area contributed by atoms with Crippen molar-refractivity contribution in [1.82, 2.24) is 4.90 Å². The van der Waals surface area contributed by atoms with E-state index in [0.29, 0.717) is 5.92 Å². The summed E-state index contributed by atoms with van der Waals surface area (Å²) in [7, 11) is 0. The molecule has 0 bridgehead atoms. The van der Waals surface area contributed by atoms with Crippen molar-refractivity contribution in [1.29, 1.82) is 0 Å². The summed E-state index contributed by atoms with van der Waals surface area (Å²) in [5.74, 6) is 0.524. The molecule has 1 atom stereocenters. The van der Waals surface area contributed by atoms with Crippen molar-refractivity contribution >= 4 is 38.0 Å². The van der Waals surface area contributed by atoms with Gasteiger partial charge >= 0.3 is 6.09 Å². The maximum atomic E-state index is 12.0. The molecule has 0 aromatic heterocycles. The first-order valence-electron chi connectivity index (χ1n) is 6.27. The van der Waals surface area contributed by atoms with Crippen molar-refractivity contribution < 1.29 is 9.53 Å². The van der Waals surface area contributed by atoms with Crippen LogP contribution in [0, 0.1) is 5.92 Å². The summed E-state index contributed by atoms with van der Waals surface area (Å²) in [4.78, 5) is 13.8. The third kappa shape index (κ3) is 6.23. The van der Waals surface area contributed by atoms with E-state index in [4.69, 9.17) is 4.74 Å². The Bertz CT molecular complexity index is 319. The summed E-state index contributed by atoms with van der Waals surface area (Å²) in [5.41, 5.74) is -0.414. The fourth-order valence-electron chi connectivity index (χ4n) is 2.01. The Balaban J connectivity index is 2.48. The zero-order valence-corrected chi connectivity index (χ0v) is 14.4. The highest BCUT2D eigenvalue weighted by Crippen LogP contribution is 2.24. The molecule has 0 saturated carbocycles. The lowest BCUT2D eigenvalue weighted by atomic mass is 9.95. The molecule has 0 aliphatic carbocycles. The molecule has 0 aromatic rings. The third-order valence-electron chi connectivity index (χ3n) is 2.78. The minimum absolute atomic E-state index is 0.186. The van der Waals surface area contributed by atoms with Gasteiger partial charge in [0.05, 0.1) is 3.39 Å². The molecule has 5 heteroatoms. The van der Waals surface area contributed by atoms with Gasteiger partial charge in [-0.05, 0) is 77.8 Å². The fourth-order valence-corrected chi connectivity index (χ4v) is 2.38. The molecule has 104 valence electrons. The molecular formula is C13H21Br2NO2. The van der Waals surface area contributed by atoms with Crippen LogP contribution in [0.4, 0.5) is 4.79 Å². The van der Waals surface area contributed by atoms with E-state index in [-0.39, 0.29) is 6.09 Å². The number of carbonyl (C=O) groups is 1. The average molecular weight is 383 g/mol. The molecule has 1 heterocycles. The molecule has 1 aliphatic rings. The largest absolute Gasteiger partial charge is 0.444 e. The Morgan fingerprint density at radius 1 is 1.44 bits per heavy atom. The minimum atomic E-state index is -0.414. The summed E-state index contributed by atoms with van der Waals surface area (Å²) >= 11 is 6.72. The van der Waals surface area contributed by atoms with E-state index in [1.807, 2.05) is 25.7 Å². The second-order valence-electron chi connectivity index (χ2n) is 5.66. The standard InChI is InChI=1S/C13H21Br2NO2/c1-13(2,3)18-12(17)16-8-4-5-10(9-16)6-7-11(14)15/h7,10H,4-6,8-9H2,1-3H3. The fraction of sp³-hybridized carbons (Fsp3) is 0.769. The number of nitrogens with zero attached hydrogens (tertiary/aromatic N) is 1. The number of hydrogen-bond acceptors (Lipinski definition) is 2. The monoisotopic (exact) mass is 381 g/mol. The molecular weight excluding hydrogens is 362 g/mol. The molecule has 1 fully saturated rings. The number of piperidine rings is 1. The molecule has 18 heavy (non-hydrogen) atoms. The lowest BCUT2D eigenvalue weighted by Crippen LogP contribution is -2.42. The molecule has 0 spiro atoms. The number of allylic oxidation sites excluding steroid dienone is 1. The first kappa shape index (κ1) is 16.0. The Morgan fingerprint density at radius 3 is 2.67 bits per heavy atom. The van der Waals surface area contributed by atoms with Gasteiger partial charge < -0.3 is 9.64 Å². The van der Waals surface area contributed by atoms with Crippen LogP contribution in [-0.2, 0) is 4.74 Å². The SMILES string of the molecule is CC(C)(C)OC(=O)N1CCCC(CC=C(Br)Br)C1. The van der Waals surface area contributed by atoms with Crippen LogP contribution in [0.1, 0.15) is 40.0 Å². The van der Waals surface area contributed by atoms with Crippen LogP contribution in [0.5, 0.6) is 0 Å². The van der Waals surface area contributed by atoms with Gasteiger partial charge in [-0.1, -0.05) is 6.08 Å². The quantitative estimate of drug-likeness (QED) is 0.695. The van der Waals surface area contributed by atoms with Crippen LogP contribution in [0.3, 0.4) is 0 Å². The number of ether oxygens (including phenoxy) is 1. The Kier molecular flexibility index (Phi) is 6.18. The van der Waals surface area contributed by atoms with E-state index in [1.165, 1.54) is 6.42 Å². The molecule has 3 nitrogen and oxygen atoms in total. The van der Waals surface area contributed by atoms with Crippen LogP contribution in [-0.4, -0.2) is 29.7 Å². The molecule has 0 N–H and O–H groups in total. The number of carbonyl (C=O) groups excluding carboxylic acids is 1. The lowest BCUT2D eigenvalue weighted by Gasteiger charge is -2.33. The third-order valence-corrected chi connectivity index (χ3v) is 3.42. The molecule has 1 saturated heterocycles. The number of amides is 1. The summed E-state index contributed by atoms with van der Waals surface area (Å²) in [6.07, 6.45) is 5.11. The van der Waals surface area contributed by atoms with Gasteiger partial charge in [0.1, 0.15) is 5.60 Å². The highest BCUT2D eigenvalue weighted by atomic mass is 79.9. The lowest BCUT2D eigenvalue weighted by molar-refractivity contribution is 0.0167. The van der Waals surface area contributed by atoms with Crippen LogP contribution in [0.2, 0.25) is 0 Å². The van der Waals surface area contributed by atoms with Gasteiger partial charge in [-0.2, -0.15) is 0 Å². The second-order valence-corrected chi connectivity index (χ2v) is 8.44. The normalized spacial score (nSPS) is 20.5. The number of halogens is 2.